The van der Waals surface area contributed by atoms with Crippen LogP contribution in [-0.4, -0.2) is 35.0 Å². The number of rotatable bonds is 5. The van der Waals surface area contributed by atoms with Crippen molar-refractivity contribution in [3.8, 4) is 0 Å². The van der Waals surface area contributed by atoms with Gasteiger partial charge in [-0.25, -0.2) is 4.39 Å². The van der Waals surface area contributed by atoms with E-state index in [1.165, 1.54) is 18.2 Å². The maximum atomic E-state index is 13.2. The zero-order valence-corrected chi connectivity index (χ0v) is 10.0. The molecular formula is C13H14FNO3. The predicted octanol–water partition coefficient (Wildman–Crippen LogP) is 1.85. The molecule has 1 rings (SSSR count). The molecule has 0 fully saturated rings. The van der Waals surface area contributed by atoms with Crippen LogP contribution >= 0.6 is 0 Å². The minimum absolute atomic E-state index is 0.0979. The smallest absolute Gasteiger partial charge is 0.323 e. The van der Waals surface area contributed by atoms with Gasteiger partial charge in [0.25, 0.3) is 5.91 Å². The number of carboxylic acid groups (broad SMARTS) is 1. The molecule has 0 unspecified atom stereocenters. The molecule has 0 spiro atoms. The van der Waals surface area contributed by atoms with Crippen molar-refractivity contribution in [2.75, 3.05) is 13.1 Å². The summed E-state index contributed by atoms with van der Waals surface area (Å²) in [5.74, 6) is -2.18. The Morgan fingerprint density at radius 1 is 1.44 bits per heavy atom. The second kappa shape index (κ2) is 5.95. The molecule has 0 saturated carbocycles. The van der Waals surface area contributed by atoms with Crippen LogP contribution in [0.15, 0.2) is 30.9 Å². The number of carbonyl (C=O) groups is 2. The lowest BCUT2D eigenvalue weighted by Crippen LogP contribution is -2.35. The Morgan fingerprint density at radius 2 is 2.11 bits per heavy atom. The van der Waals surface area contributed by atoms with Gasteiger partial charge in [-0.15, -0.1) is 6.58 Å². The van der Waals surface area contributed by atoms with E-state index in [1.54, 1.807) is 6.92 Å². The van der Waals surface area contributed by atoms with Crippen molar-refractivity contribution in [3.63, 3.8) is 0 Å². The Bertz CT molecular complexity index is 465. The van der Waals surface area contributed by atoms with Crippen LogP contribution < -0.4 is 0 Å². The van der Waals surface area contributed by atoms with Gasteiger partial charge in [-0.2, -0.15) is 0 Å². The third-order valence-electron chi connectivity index (χ3n) is 2.25. The van der Waals surface area contributed by atoms with Crippen molar-refractivity contribution >= 4 is 11.9 Å². The average molecular weight is 251 g/mol. The van der Waals surface area contributed by atoms with Gasteiger partial charge >= 0.3 is 5.97 Å². The maximum Gasteiger partial charge on any atom is 0.323 e. The van der Waals surface area contributed by atoms with Crippen LogP contribution in [-0.2, 0) is 4.79 Å². The molecule has 0 aliphatic heterocycles. The number of carbonyl (C=O) groups excluding carboxylic acids is 1. The van der Waals surface area contributed by atoms with Crippen molar-refractivity contribution in [3.05, 3.63) is 47.8 Å². The molecule has 0 aliphatic rings. The lowest BCUT2D eigenvalue weighted by Gasteiger charge is -2.19. The van der Waals surface area contributed by atoms with E-state index in [4.69, 9.17) is 5.11 Å². The van der Waals surface area contributed by atoms with Crippen LogP contribution in [0.3, 0.4) is 0 Å². The number of halogens is 1. The van der Waals surface area contributed by atoms with Gasteiger partial charge in [-0.3, -0.25) is 9.59 Å². The lowest BCUT2D eigenvalue weighted by molar-refractivity contribution is -0.137. The van der Waals surface area contributed by atoms with Gasteiger partial charge in [0, 0.05) is 12.1 Å². The van der Waals surface area contributed by atoms with E-state index in [9.17, 15) is 14.0 Å². The minimum Gasteiger partial charge on any atom is -0.480 e. The molecule has 5 heteroatoms. The molecule has 0 bridgehead atoms. The predicted molar refractivity (Wildman–Crippen MR) is 64.9 cm³/mol. The highest BCUT2D eigenvalue weighted by Crippen LogP contribution is 2.11. The number of aliphatic carboxylic acids is 1. The average Bonchev–Trinajstić information content (AvgIpc) is 2.25. The van der Waals surface area contributed by atoms with Crippen molar-refractivity contribution in [2.45, 2.75) is 6.92 Å². The van der Waals surface area contributed by atoms with Gasteiger partial charge in [0.1, 0.15) is 12.4 Å². The second-order valence-electron chi connectivity index (χ2n) is 3.89. The Labute approximate surface area is 104 Å². The Hall–Kier alpha value is -2.17. The quantitative estimate of drug-likeness (QED) is 0.812. The van der Waals surface area contributed by atoms with Gasteiger partial charge in [-0.1, -0.05) is 6.08 Å². The molecule has 1 N–H and O–H groups in total. The highest BCUT2D eigenvalue weighted by Gasteiger charge is 2.18. The summed E-state index contributed by atoms with van der Waals surface area (Å²) >= 11 is 0. The molecule has 0 aliphatic carbocycles. The third kappa shape index (κ3) is 3.69. The number of benzene rings is 1. The molecule has 4 nitrogen and oxygen atoms in total. The number of hydrogen-bond donors (Lipinski definition) is 1. The second-order valence-corrected chi connectivity index (χ2v) is 3.89. The molecule has 0 heterocycles. The standard InChI is InChI=1S/C13H14FNO3/c1-3-4-15(8-12(16)17)13(18)10-5-9(2)6-11(14)7-10/h3,5-7H,1,4,8H2,2H3,(H,16,17). The fraction of sp³-hybridized carbons (Fsp3) is 0.231. The molecule has 1 aromatic carbocycles. The molecule has 18 heavy (non-hydrogen) atoms. The normalized spacial score (nSPS) is 9.89. The zero-order chi connectivity index (χ0) is 13.7. The Balaban J connectivity index is 3.00. The summed E-state index contributed by atoms with van der Waals surface area (Å²) in [5, 5.41) is 8.71. The van der Waals surface area contributed by atoms with Gasteiger partial charge in [0.2, 0.25) is 0 Å². The molecule has 0 saturated heterocycles. The van der Waals surface area contributed by atoms with Crippen LogP contribution in [0.5, 0.6) is 0 Å². The minimum atomic E-state index is -1.13. The molecule has 0 radical (unpaired) electrons. The van der Waals surface area contributed by atoms with Crippen LogP contribution in [0.4, 0.5) is 4.39 Å². The van der Waals surface area contributed by atoms with Crippen LogP contribution in [0.1, 0.15) is 15.9 Å². The summed E-state index contributed by atoms with van der Waals surface area (Å²) in [6, 6.07) is 3.91. The molecule has 0 aromatic heterocycles. The van der Waals surface area contributed by atoms with E-state index < -0.39 is 24.2 Å². The highest BCUT2D eigenvalue weighted by molar-refractivity contribution is 5.96. The number of hydrogen-bond acceptors (Lipinski definition) is 2. The molecule has 1 amide bonds. The van der Waals surface area contributed by atoms with Gasteiger partial charge in [0.15, 0.2) is 0 Å². The topological polar surface area (TPSA) is 57.6 Å². The van der Waals surface area contributed by atoms with E-state index >= 15 is 0 Å². The zero-order valence-electron chi connectivity index (χ0n) is 10.0. The summed E-state index contributed by atoms with van der Waals surface area (Å²) < 4.78 is 13.2. The SMILES string of the molecule is C=CCN(CC(=O)O)C(=O)c1cc(C)cc(F)c1. The molecule has 96 valence electrons. The maximum absolute atomic E-state index is 13.2. The highest BCUT2D eigenvalue weighted by atomic mass is 19.1. The van der Waals surface area contributed by atoms with Crippen LogP contribution in [0, 0.1) is 12.7 Å². The van der Waals surface area contributed by atoms with Gasteiger partial charge in [0.05, 0.1) is 0 Å². The van der Waals surface area contributed by atoms with Crippen molar-refractivity contribution < 1.29 is 19.1 Å². The Kier molecular flexibility index (Phi) is 4.59. The number of carboxylic acids is 1. The summed E-state index contributed by atoms with van der Waals surface area (Å²) in [6.07, 6.45) is 1.42. The van der Waals surface area contributed by atoms with Crippen LogP contribution in [0.2, 0.25) is 0 Å². The fourth-order valence-corrected chi connectivity index (χ4v) is 1.58. The first-order valence-electron chi connectivity index (χ1n) is 5.33. The lowest BCUT2D eigenvalue weighted by atomic mass is 10.1. The van der Waals surface area contributed by atoms with E-state index in [-0.39, 0.29) is 12.1 Å². The van der Waals surface area contributed by atoms with Crippen LogP contribution in [0.25, 0.3) is 0 Å². The fourth-order valence-electron chi connectivity index (χ4n) is 1.58. The Morgan fingerprint density at radius 3 is 2.61 bits per heavy atom. The summed E-state index contributed by atoms with van der Waals surface area (Å²) in [4.78, 5) is 23.8. The van der Waals surface area contributed by atoms with E-state index in [1.807, 2.05) is 0 Å². The molecular weight excluding hydrogens is 237 g/mol. The van der Waals surface area contributed by atoms with E-state index in [0.717, 1.165) is 11.0 Å². The monoisotopic (exact) mass is 251 g/mol. The third-order valence-corrected chi connectivity index (χ3v) is 2.25. The first kappa shape index (κ1) is 13.9. The largest absolute Gasteiger partial charge is 0.480 e. The van der Waals surface area contributed by atoms with Crippen molar-refractivity contribution in [1.82, 2.24) is 4.90 Å². The summed E-state index contributed by atoms with van der Waals surface area (Å²) in [7, 11) is 0. The van der Waals surface area contributed by atoms with Crippen molar-refractivity contribution in [2.24, 2.45) is 0 Å². The molecule has 0 atom stereocenters. The number of aryl methyl sites for hydroxylation is 1. The van der Waals surface area contributed by atoms with Gasteiger partial charge < -0.3 is 10.0 Å². The number of nitrogens with zero attached hydrogens (tertiary/aromatic N) is 1. The first-order valence-corrected chi connectivity index (χ1v) is 5.33. The van der Waals surface area contributed by atoms with Gasteiger partial charge in [-0.05, 0) is 30.7 Å². The summed E-state index contributed by atoms with van der Waals surface area (Å²) in [6.45, 7) is 4.77. The molecule has 1 aromatic rings. The first-order chi connectivity index (χ1) is 8.43. The van der Waals surface area contributed by atoms with E-state index in [2.05, 4.69) is 6.58 Å². The van der Waals surface area contributed by atoms with E-state index in [0.29, 0.717) is 5.56 Å². The van der Waals surface area contributed by atoms with Crippen molar-refractivity contribution in [1.29, 1.82) is 0 Å². The summed E-state index contributed by atoms with van der Waals surface area (Å²) in [5.41, 5.74) is 0.739. The number of amides is 1.